The average Bonchev–Trinajstić information content (AvgIpc) is 2.84. The summed E-state index contributed by atoms with van der Waals surface area (Å²) in [5.41, 5.74) is 4.33. The summed E-state index contributed by atoms with van der Waals surface area (Å²) in [6, 6.07) is 2.01. The van der Waals surface area contributed by atoms with Crippen molar-refractivity contribution in [3.8, 4) is 0 Å². The molecule has 0 spiro atoms. The van der Waals surface area contributed by atoms with Crippen LogP contribution in [-0.4, -0.2) is 19.6 Å². The lowest BCUT2D eigenvalue weighted by molar-refractivity contribution is 0.629. The van der Waals surface area contributed by atoms with E-state index in [1.807, 2.05) is 30.9 Å². The van der Waals surface area contributed by atoms with E-state index < -0.39 is 0 Å². The highest BCUT2D eigenvalue weighted by molar-refractivity contribution is 6.20. The Morgan fingerprint density at radius 1 is 1.33 bits per heavy atom. The first-order chi connectivity index (χ1) is 8.52. The summed E-state index contributed by atoms with van der Waals surface area (Å²) in [5.74, 6) is 0. The molecule has 0 amide bonds. The van der Waals surface area contributed by atoms with Crippen molar-refractivity contribution >= 4 is 11.6 Å². The average molecular weight is 267 g/mol. The molecule has 0 fully saturated rings. The fourth-order valence-electron chi connectivity index (χ4n) is 2.22. The highest BCUT2D eigenvalue weighted by atomic mass is 35.5. The lowest BCUT2D eigenvalue weighted by atomic mass is 10.1. The number of aromatic nitrogens is 4. The summed E-state index contributed by atoms with van der Waals surface area (Å²) in [6.07, 6.45) is 2.86. The maximum Gasteiger partial charge on any atom is 0.0853 e. The van der Waals surface area contributed by atoms with Gasteiger partial charge in [-0.3, -0.25) is 9.36 Å². The molecule has 0 aromatic carbocycles. The van der Waals surface area contributed by atoms with Gasteiger partial charge in [0, 0.05) is 24.5 Å². The monoisotopic (exact) mass is 266 g/mol. The topological polar surface area (TPSA) is 35.6 Å². The van der Waals surface area contributed by atoms with Crippen molar-refractivity contribution in [1.82, 2.24) is 19.6 Å². The van der Waals surface area contributed by atoms with E-state index in [4.69, 9.17) is 11.6 Å². The third kappa shape index (κ3) is 2.43. The minimum absolute atomic E-state index is 0.0440. The zero-order valence-electron chi connectivity index (χ0n) is 11.3. The summed E-state index contributed by atoms with van der Waals surface area (Å²) in [4.78, 5) is 0. The number of hydrogen-bond acceptors (Lipinski definition) is 2. The van der Waals surface area contributed by atoms with Gasteiger partial charge in [-0.1, -0.05) is 6.92 Å². The van der Waals surface area contributed by atoms with E-state index >= 15 is 0 Å². The summed E-state index contributed by atoms with van der Waals surface area (Å²) < 4.78 is 3.79. The third-order valence-electron chi connectivity index (χ3n) is 3.19. The molecule has 0 aliphatic heterocycles. The van der Waals surface area contributed by atoms with E-state index in [9.17, 15) is 0 Å². The van der Waals surface area contributed by atoms with Crippen LogP contribution in [0.2, 0.25) is 0 Å². The van der Waals surface area contributed by atoms with Crippen molar-refractivity contribution in [2.75, 3.05) is 0 Å². The Labute approximate surface area is 113 Å². The second-order valence-electron chi connectivity index (χ2n) is 4.60. The van der Waals surface area contributed by atoms with Crippen molar-refractivity contribution in [3.05, 3.63) is 34.9 Å². The number of alkyl halides is 1. The van der Waals surface area contributed by atoms with E-state index in [-0.39, 0.29) is 5.38 Å². The largest absolute Gasteiger partial charge is 0.275 e. The van der Waals surface area contributed by atoms with E-state index in [1.165, 1.54) is 0 Å². The molecule has 4 nitrogen and oxygen atoms in total. The van der Waals surface area contributed by atoms with Crippen LogP contribution in [0.4, 0.5) is 0 Å². The normalized spacial score (nSPS) is 12.9. The van der Waals surface area contributed by atoms with Gasteiger partial charge in [-0.2, -0.15) is 10.2 Å². The quantitative estimate of drug-likeness (QED) is 0.798. The molecule has 2 aromatic heterocycles. The fourth-order valence-corrected chi connectivity index (χ4v) is 2.54. The molecule has 1 atom stereocenters. The number of nitrogens with zero attached hydrogens (tertiary/aromatic N) is 4. The Balaban J connectivity index is 2.29. The molecule has 5 heteroatoms. The lowest BCUT2D eigenvalue weighted by Gasteiger charge is -2.07. The van der Waals surface area contributed by atoms with Crippen molar-refractivity contribution in [2.24, 2.45) is 7.05 Å². The standard InChI is InChI=1S/C13H19ClN4/c1-5-12(14)13-9(2)15-18(10(13)3)8-11-6-7-17(4)16-11/h6-7,12H,5,8H2,1-4H3. The summed E-state index contributed by atoms with van der Waals surface area (Å²) in [5, 5.41) is 8.98. The molecule has 1 unspecified atom stereocenters. The number of halogens is 1. The molecule has 2 heterocycles. The van der Waals surface area contributed by atoms with Gasteiger partial charge >= 0.3 is 0 Å². The van der Waals surface area contributed by atoms with E-state index in [2.05, 4.69) is 24.0 Å². The highest BCUT2D eigenvalue weighted by Crippen LogP contribution is 2.29. The first kappa shape index (κ1) is 13.1. The molecule has 0 saturated heterocycles. The fraction of sp³-hybridized carbons (Fsp3) is 0.538. The highest BCUT2D eigenvalue weighted by Gasteiger charge is 2.18. The van der Waals surface area contributed by atoms with E-state index in [1.54, 1.807) is 4.68 Å². The lowest BCUT2D eigenvalue weighted by Crippen LogP contribution is -2.05. The summed E-state index contributed by atoms with van der Waals surface area (Å²) in [6.45, 7) is 6.87. The zero-order chi connectivity index (χ0) is 13.3. The Morgan fingerprint density at radius 3 is 2.61 bits per heavy atom. The Morgan fingerprint density at radius 2 is 2.06 bits per heavy atom. The predicted octanol–water partition coefficient (Wildman–Crippen LogP) is 2.97. The second kappa shape index (κ2) is 5.14. The van der Waals surface area contributed by atoms with Crippen LogP contribution < -0.4 is 0 Å². The molecule has 0 bridgehead atoms. The molecule has 0 aliphatic rings. The molecular formula is C13H19ClN4. The minimum Gasteiger partial charge on any atom is -0.275 e. The molecule has 2 aromatic rings. The first-order valence-electron chi connectivity index (χ1n) is 6.19. The van der Waals surface area contributed by atoms with E-state index in [0.29, 0.717) is 6.54 Å². The van der Waals surface area contributed by atoms with Crippen molar-refractivity contribution in [2.45, 2.75) is 39.1 Å². The van der Waals surface area contributed by atoms with Gasteiger partial charge in [0.1, 0.15) is 0 Å². The van der Waals surface area contributed by atoms with Crippen LogP contribution in [0.1, 0.15) is 41.4 Å². The molecule has 0 radical (unpaired) electrons. The van der Waals surface area contributed by atoms with Crippen LogP contribution in [0.15, 0.2) is 12.3 Å². The van der Waals surface area contributed by atoms with Gasteiger partial charge in [0.2, 0.25) is 0 Å². The Hall–Kier alpha value is -1.29. The van der Waals surface area contributed by atoms with Gasteiger partial charge < -0.3 is 0 Å². The minimum atomic E-state index is 0.0440. The van der Waals surface area contributed by atoms with Gasteiger partial charge in [-0.15, -0.1) is 11.6 Å². The third-order valence-corrected chi connectivity index (χ3v) is 3.72. The van der Waals surface area contributed by atoms with Gasteiger partial charge in [-0.25, -0.2) is 0 Å². The van der Waals surface area contributed by atoms with Gasteiger partial charge in [0.05, 0.1) is 23.3 Å². The van der Waals surface area contributed by atoms with Crippen LogP contribution in [0.5, 0.6) is 0 Å². The van der Waals surface area contributed by atoms with Crippen LogP contribution in [0.25, 0.3) is 0 Å². The van der Waals surface area contributed by atoms with Crippen molar-refractivity contribution < 1.29 is 0 Å². The molecular weight excluding hydrogens is 248 g/mol. The maximum absolute atomic E-state index is 6.35. The van der Waals surface area contributed by atoms with E-state index in [0.717, 1.165) is 29.1 Å². The van der Waals surface area contributed by atoms with Gasteiger partial charge in [-0.05, 0) is 26.3 Å². The Kier molecular flexibility index (Phi) is 3.76. The smallest absolute Gasteiger partial charge is 0.0853 e. The molecule has 18 heavy (non-hydrogen) atoms. The van der Waals surface area contributed by atoms with Crippen molar-refractivity contribution in [3.63, 3.8) is 0 Å². The predicted molar refractivity (Wildman–Crippen MR) is 72.9 cm³/mol. The Bertz CT molecular complexity index is 541. The maximum atomic E-state index is 6.35. The van der Waals surface area contributed by atoms with Crippen LogP contribution in [0.3, 0.4) is 0 Å². The molecule has 98 valence electrons. The van der Waals surface area contributed by atoms with Crippen LogP contribution in [0, 0.1) is 13.8 Å². The number of hydrogen-bond donors (Lipinski definition) is 0. The molecule has 0 aliphatic carbocycles. The van der Waals surface area contributed by atoms with Crippen LogP contribution >= 0.6 is 11.6 Å². The SMILES string of the molecule is CCC(Cl)c1c(C)nn(Cc2ccn(C)n2)c1C. The number of rotatable bonds is 4. The summed E-state index contributed by atoms with van der Waals surface area (Å²) >= 11 is 6.35. The van der Waals surface area contributed by atoms with Crippen molar-refractivity contribution in [1.29, 1.82) is 0 Å². The van der Waals surface area contributed by atoms with Gasteiger partial charge in [0.25, 0.3) is 0 Å². The molecule has 2 rings (SSSR count). The molecule has 0 N–H and O–H groups in total. The second-order valence-corrected chi connectivity index (χ2v) is 5.13. The number of aryl methyl sites for hydroxylation is 2. The zero-order valence-corrected chi connectivity index (χ0v) is 12.1. The molecule has 0 saturated carbocycles. The van der Waals surface area contributed by atoms with Gasteiger partial charge in [0.15, 0.2) is 0 Å². The first-order valence-corrected chi connectivity index (χ1v) is 6.63. The van der Waals surface area contributed by atoms with Crippen LogP contribution in [-0.2, 0) is 13.6 Å². The summed E-state index contributed by atoms with van der Waals surface area (Å²) in [7, 11) is 1.92.